The van der Waals surface area contributed by atoms with E-state index in [0.29, 0.717) is 12.0 Å². The van der Waals surface area contributed by atoms with Crippen molar-refractivity contribution in [3.63, 3.8) is 0 Å². The van der Waals surface area contributed by atoms with Crippen LogP contribution in [0.5, 0.6) is 11.5 Å². The van der Waals surface area contributed by atoms with E-state index in [-0.39, 0.29) is 23.8 Å². The Morgan fingerprint density at radius 2 is 2.10 bits per heavy atom. The first kappa shape index (κ1) is 14.9. The van der Waals surface area contributed by atoms with Crippen LogP contribution in [0.1, 0.15) is 10.4 Å². The van der Waals surface area contributed by atoms with Gasteiger partial charge in [-0.05, 0) is 35.2 Å². The zero-order chi connectivity index (χ0) is 15.2. The number of hydrogen-bond donors (Lipinski definition) is 3. The highest BCUT2D eigenvalue weighted by molar-refractivity contribution is 7.09. The zero-order valence-electron chi connectivity index (χ0n) is 11.2. The van der Waals surface area contributed by atoms with E-state index in [4.69, 9.17) is 10.5 Å². The van der Waals surface area contributed by atoms with E-state index in [1.807, 2.05) is 17.5 Å². The first-order chi connectivity index (χ1) is 10.1. The number of thiophene rings is 1. The predicted octanol–water partition coefficient (Wildman–Crippen LogP) is 2.24. The maximum atomic E-state index is 11.7. The van der Waals surface area contributed by atoms with Crippen LogP contribution in [0.4, 0.5) is 0 Å². The van der Waals surface area contributed by atoms with Crippen molar-refractivity contribution >= 4 is 23.4 Å². The molecule has 0 aliphatic carbocycles. The summed E-state index contributed by atoms with van der Waals surface area (Å²) in [6.07, 6.45) is 2.03. The summed E-state index contributed by atoms with van der Waals surface area (Å²) in [6, 6.07) is 8.06. The SMILES string of the molecule is N/C(=C\c1ccc(O)c(O)c1)C(=O)OCCc1cccs1. The molecule has 2 rings (SSSR count). The molecule has 0 amide bonds. The smallest absolute Gasteiger partial charge is 0.354 e. The predicted molar refractivity (Wildman–Crippen MR) is 80.9 cm³/mol. The molecular formula is C15H15NO4S. The van der Waals surface area contributed by atoms with E-state index in [9.17, 15) is 15.0 Å². The Bertz CT molecular complexity index is 650. The van der Waals surface area contributed by atoms with Crippen molar-refractivity contribution in [2.45, 2.75) is 6.42 Å². The Kier molecular flexibility index (Phi) is 4.84. The number of carbonyl (C=O) groups is 1. The van der Waals surface area contributed by atoms with Gasteiger partial charge in [-0.1, -0.05) is 12.1 Å². The van der Waals surface area contributed by atoms with Crippen molar-refractivity contribution in [1.82, 2.24) is 0 Å². The average Bonchev–Trinajstić information content (AvgIpc) is 2.96. The van der Waals surface area contributed by atoms with Crippen LogP contribution < -0.4 is 5.73 Å². The fraction of sp³-hybridized carbons (Fsp3) is 0.133. The van der Waals surface area contributed by atoms with Crippen molar-refractivity contribution in [2.75, 3.05) is 6.61 Å². The lowest BCUT2D eigenvalue weighted by Gasteiger charge is -2.04. The van der Waals surface area contributed by atoms with Crippen molar-refractivity contribution in [3.05, 3.63) is 51.8 Å². The summed E-state index contributed by atoms with van der Waals surface area (Å²) >= 11 is 1.60. The number of hydrogen-bond acceptors (Lipinski definition) is 6. The molecule has 6 heteroatoms. The quantitative estimate of drug-likeness (QED) is 0.447. The van der Waals surface area contributed by atoms with Crippen LogP contribution in [0.2, 0.25) is 0 Å². The third-order valence-corrected chi connectivity index (χ3v) is 3.66. The van der Waals surface area contributed by atoms with E-state index >= 15 is 0 Å². The molecule has 0 atom stereocenters. The molecule has 0 aliphatic rings. The van der Waals surface area contributed by atoms with E-state index in [2.05, 4.69) is 0 Å². The Hall–Kier alpha value is -2.47. The lowest BCUT2D eigenvalue weighted by atomic mass is 10.1. The Morgan fingerprint density at radius 1 is 1.29 bits per heavy atom. The maximum absolute atomic E-state index is 11.7. The summed E-state index contributed by atoms with van der Waals surface area (Å²) in [5.41, 5.74) is 6.08. The second-order valence-corrected chi connectivity index (χ2v) is 5.35. The molecule has 110 valence electrons. The second kappa shape index (κ2) is 6.81. The van der Waals surface area contributed by atoms with Crippen LogP contribution >= 0.6 is 11.3 Å². The Labute approximate surface area is 125 Å². The molecule has 0 saturated heterocycles. The fourth-order valence-corrected chi connectivity index (χ4v) is 2.34. The van der Waals surface area contributed by atoms with Crippen LogP contribution in [0.3, 0.4) is 0 Å². The molecule has 4 N–H and O–H groups in total. The summed E-state index contributed by atoms with van der Waals surface area (Å²) < 4.78 is 5.07. The maximum Gasteiger partial charge on any atom is 0.354 e. The highest BCUT2D eigenvalue weighted by Crippen LogP contribution is 2.25. The van der Waals surface area contributed by atoms with Crippen molar-refractivity contribution in [2.24, 2.45) is 5.73 Å². The van der Waals surface area contributed by atoms with Crippen LogP contribution in [0, 0.1) is 0 Å². The lowest BCUT2D eigenvalue weighted by Crippen LogP contribution is -2.15. The molecule has 1 aromatic heterocycles. The molecule has 0 saturated carbocycles. The second-order valence-electron chi connectivity index (χ2n) is 4.31. The fourth-order valence-electron chi connectivity index (χ4n) is 1.65. The minimum Gasteiger partial charge on any atom is -0.504 e. The van der Waals surface area contributed by atoms with Gasteiger partial charge in [0, 0.05) is 11.3 Å². The number of benzene rings is 1. The third kappa shape index (κ3) is 4.25. The van der Waals surface area contributed by atoms with Crippen molar-refractivity contribution < 1.29 is 19.7 Å². The molecule has 0 unspecified atom stereocenters. The summed E-state index contributed by atoms with van der Waals surface area (Å²) in [4.78, 5) is 12.8. The normalized spacial score (nSPS) is 11.3. The first-order valence-electron chi connectivity index (χ1n) is 6.25. The highest BCUT2D eigenvalue weighted by atomic mass is 32.1. The van der Waals surface area contributed by atoms with Gasteiger partial charge in [-0.25, -0.2) is 4.79 Å². The molecular weight excluding hydrogens is 290 g/mol. The van der Waals surface area contributed by atoms with Gasteiger partial charge < -0.3 is 20.7 Å². The van der Waals surface area contributed by atoms with Gasteiger partial charge >= 0.3 is 5.97 Å². The van der Waals surface area contributed by atoms with Gasteiger partial charge in [0.2, 0.25) is 0 Å². The van der Waals surface area contributed by atoms with Gasteiger partial charge in [0.15, 0.2) is 11.5 Å². The minimum atomic E-state index is -0.612. The van der Waals surface area contributed by atoms with Crippen LogP contribution in [0.25, 0.3) is 6.08 Å². The molecule has 2 aromatic rings. The highest BCUT2D eigenvalue weighted by Gasteiger charge is 2.08. The van der Waals surface area contributed by atoms with Crippen LogP contribution in [-0.4, -0.2) is 22.8 Å². The monoisotopic (exact) mass is 305 g/mol. The van der Waals surface area contributed by atoms with Crippen LogP contribution in [0.15, 0.2) is 41.4 Å². The van der Waals surface area contributed by atoms with Gasteiger partial charge in [0.25, 0.3) is 0 Å². The Morgan fingerprint density at radius 3 is 2.76 bits per heavy atom. The summed E-state index contributed by atoms with van der Waals surface area (Å²) in [6.45, 7) is 0.259. The third-order valence-electron chi connectivity index (χ3n) is 2.72. The number of ether oxygens (including phenoxy) is 1. The zero-order valence-corrected chi connectivity index (χ0v) is 12.0. The summed E-state index contributed by atoms with van der Waals surface area (Å²) in [5, 5.41) is 20.5. The van der Waals surface area contributed by atoms with Gasteiger partial charge in [0.1, 0.15) is 5.70 Å². The number of aromatic hydroxyl groups is 2. The number of rotatable bonds is 5. The number of carbonyl (C=O) groups excluding carboxylic acids is 1. The van der Waals surface area contributed by atoms with Gasteiger partial charge in [-0.2, -0.15) is 0 Å². The molecule has 21 heavy (non-hydrogen) atoms. The van der Waals surface area contributed by atoms with Gasteiger partial charge in [0.05, 0.1) is 6.61 Å². The van der Waals surface area contributed by atoms with E-state index in [1.165, 1.54) is 24.3 Å². The average molecular weight is 305 g/mol. The molecule has 0 radical (unpaired) electrons. The van der Waals surface area contributed by atoms with Crippen LogP contribution in [-0.2, 0) is 16.0 Å². The van der Waals surface area contributed by atoms with E-state index in [0.717, 1.165) is 4.88 Å². The van der Waals surface area contributed by atoms with Gasteiger partial charge in [-0.15, -0.1) is 11.3 Å². The Balaban J connectivity index is 1.91. The van der Waals surface area contributed by atoms with E-state index < -0.39 is 5.97 Å². The summed E-state index contributed by atoms with van der Waals surface area (Å²) in [7, 11) is 0. The van der Waals surface area contributed by atoms with Gasteiger partial charge in [-0.3, -0.25) is 0 Å². The number of esters is 1. The molecule has 0 aliphatic heterocycles. The number of phenolic OH excluding ortho intramolecular Hbond substituents is 2. The largest absolute Gasteiger partial charge is 0.504 e. The molecule has 1 aromatic carbocycles. The molecule has 5 nitrogen and oxygen atoms in total. The van der Waals surface area contributed by atoms with E-state index in [1.54, 1.807) is 11.3 Å². The standard InChI is InChI=1S/C15H15NO4S/c16-12(8-10-3-4-13(17)14(18)9-10)15(19)20-6-5-11-2-1-7-21-11/h1-4,7-9,17-18H,5-6,16H2/b12-8-. The molecule has 1 heterocycles. The van der Waals surface area contributed by atoms with Crippen molar-refractivity contribution in [1.29, 1.82) is 0 Å². The lowest BCUT2D eigenvalue weighted by molar-refractivity contribution is -0.138. The topological polar surface area (TPSA) is 92.8 Å². The molecule has 0 bridgehead atoms. The summed E-state index contributed by atoms with van der Waals surface area (Å²) in [5.74, 6) is -1.12. The minimum absolute atomic E-state index is 0.0636. The first-order valence-corrected chi connectivity index (χ1v) is 7.13. The molecule has 0 spiro atoms. The number of nitrogens with two attached hydrogens (primary N) is 1. The number of phenols is 2. The molecule has 0 fully saturated rings. The van der Waals surface area contributed by atoms with Crippen molar-refractivity contribution in [3.8, 4) is 11.5 Å².